The Balaban J connectivity index is 1.31. The quantitative estimate of drug-likeness (QED) is 0.392. The summed E-state index contributed by atoms with van der Waals surface area (Å²) in [6, 6.07) is 15.8. The second kappa shape index (κ2) is 12.7. The summed E-state index contributed by atoms with van der Waals surface area (Å²) in [4.78, 5) is 31.5. The summed E-state index contributed by atoms with van der Waals surface area (Å²) < 4.78 is 37.5. The lowest BCUT2D eigenvalue weighted by atomic mass is 9.80. The maximum absolute atomic E-state index is 14.9. The first kappa shape index (κ1) is 29.2. The lowest BCUT2D eigenvalue weighted by Crippen LogP contribution is -2.46. The third kappa shape index (κ3) is 7.48. The van der Waals surface area contributed by atoms with E-state index in [4.69, 9.17) is 18.9 Å². The molecule has 3 heterocycles. The summed E-state index contributed by atoms with van der Waals surface area (Å²) >= 11 is 0. The number of aromatic nitrogens is 1. The average molecular weight is 578 g/mol. The summed E-state index contributed by atoms with van der Waals surface area (Å²) in [5.41, 5.74) is 1.32. The molecule has 2 atom stereocenters. The summed E-state index contributed by atoms with van der Waals surface area (Å²) in [6.07, 6.45) is 1.82. The second-order valence-electron chi connectivity index (χ2n) is 11.5. The molecule has 0 aliphatic carbocycles. The number of likely N-dealkylation sites (tertiary alicyclic amines) is 1. The van der Waals surface area contributed by atoms with Gasteiger partial charge in [-0.2, -0.15) is 0 Å². The van der Waals surface area contributed by atoms with Crippen molar-refractivity contribution in [3.63, 3.8) is 0 Å². The normalized spacial score (nSPS) is 18.0. The Labute approximate surface area is 244 Å². The first-order valence-electron chi connectivity index (χ1n) is 14.1. The number of amides is 2. The van der Waals surface area contributed by atoms with E-state index in [1.54, 1.807) is 41.4 Å². The van der Waals surface area contributed by atoms with Gasteiger partial charge in [-0.3, -0.25) is 9.78 Å². The number of benzene rings is 2. The van der Waals surface area contributed by atoms with Gasteiger partial charge in [-0.15, -0.1) is 0 Å². The van der Waals surface area contributed by atoms with Crippen molar-refractivity contribution in [1.82, 2.24) is 15.2 Å². The van der Waals surface area contributed by atoms with E-state index in [0.29, 0.717) is 48.9 Å². The van der Waals surface area contributed by atoms with Crippen LogP contribution in [-0.2, 0) is 22.5 Å². The lowest BCUT2D eigenvalue weighted by Gasteiger charge is -2.39. The highest BCUT2D eigenvalue weighted by Gasteiger charge is 2.35. The summed E-state index contributed by atoms with van der Waals surface area (Å²) in [5, 5.41) is 2.81. The molecule has 42 heavy (non-hydrogen) atoms. The number of halogens is 1. The minimum Gasteiger partial charge on any atom is -0.493 e. The van der Waals surface area contributed by atoms with Crippen molar-refractivity contribution in [3.05, 3.63) is 83.4 Å². The minimum absolute atomic E-state index is 0.0337. The number of hydrogen-bond donors (Lipinski definition) is 1. The van der Waals surface area contributed by atoms with Gasteiger partial charge in [0.15, 0.2) is 11.5 Å². The second-order valence-corrected chi connectivity index (χ2v) is 11.5. The van der Waals surface area contributed by atoms with Crippen molar-refractivity contribution in [2.75, 3.05) is 26.5 Å². The molecule has 1 fully saturated rings. The number of fused-ring (bicyclic) bond motifs is 1. The fourth-order valence-electron chi connectivity index (χ4n) is 5.19. The van der Waals surface area contributed by atoms with Gasteiger partial charge < -0.3 is 29.2 Å². The fourth-order valence-corrected chi connectivity index (χ4v) is 5.19. The van der Waals surface area contributed by atoms with E-state index in [1.807, 2.05) is 39.0 Å². The molecule has 0 radical (unpaired) electrons. The van der Waals surface area contributed by atoms with Crippen molar-refractivity contribution in [3.8, 4) is 17.2 Å². The highest BCUT2D eigenvalue weighted by atomic mass is 19.1. The van der Waals surface area contributed by atoms with Gasteiger partial charge in [-0.05, 0) is 74.6 Å². The molecule has 2 aromatic carbocycles. The van der Waals surface area contributed by atoms with Crippen LogP contribution >= 0.6 is 0 Å². The van der Waals surface area contributed by atoms with Gasteiger partial charge in [0.2, 0.25) is 12.7 Å². The largest absolute Gasteiger partial charge is 0.493 e. The number of piperidine rings is 1. The fraction of sp³-hybridized carbons (Fsp3) is 0.406. The third-order valence-electron chi connectivity index (χ3n) is 7.24. The molecule has 222 valence electrons. The molecule has 2 amide bonds. The van der Waals surface area contributed by atoms with Crippen molar-refractivity contribution in [2.24, 2.45) is 5.92 Å². The smallest absolute Gasteiger partial charge is 0.410 e. The predicted octanol–water partition coefficient (Wildman–Crippen LogP) is 5.23. The van der Waals surface area contributed by atoms with Crippen LogP contribution in [0.4, 0.5) is 9.18 Å². The Morgan fingerprint density at radius 3 is 2.71 bits per heavy atom. The molecule has 9 nitrogen and oxygen atoms in total. The zero-order chi connectivity index (χ0) is 29.7. The molecule has 0 bridgehead atoms. The van der Waals surface area contributed by atoms with E-state index < -0.39 is 11.4 Å². The number of pyridine rings is 1. The monoisotopic (exact) mass is 577 g/mol. The van der Waals surface area contributed by atoms with Crippen molar-refractivity contribution < 1.29 is 32.9 Å². The molecule has 10 heteroatoms. The highest BCUT2D eigenvalue weighted by Crippen LogP contribution is 2.38. The highest BCUT2D eigenvalue weighted by molar-refractivity contribution is 5.78. The SMILES string of the molecule is CC(C)(C)OC(=O)N1CCC(c2ccc(F)c(CC(=O)NCc3ccccn3)c2)C(COc2ccc3c(c2)OCO3)C1. The van der Waals surface area contributed by atoms with E-state index in [2.05, 4.69) is 10.3 Å². The number of hydrogen-bond acceptors (Lipinski definition) is 7. The zero-order valence-corrected chi connectivity index (χ0v) is 24.1. The summed E-state index contributed by atoms with van der Waals surface area (Å²) in [7, 11) is 0. The lowest BCUT2D eigenvalue weighted by molar-refractivity contribution is -0.120. The van der Waals surface area contributed by atoms with Crippen LogP contribution < -0.4 is 19.5 Å². The number of nitrogens with zero attached hydrogens (tertiary/aromatic N) is 2. The van der Waals surface area contributed by atoms with E-state index in [-0.39, 0.29) is 43.6 Å². The van der Waals surface area contributed by atoms with Crippen LogP contribution in [0, 0.1) is 11.7 Å². The minimum atomic E-state index is -0.616. The Kier molecular flexibility index (Phi) is 8.80. The van der Waals surface area contributed by atoms with Gasteiger partial charge in [0.25, 0.3) is 0 Å². The van der Waals surface area contributed by atoms with Crippen LogP contribution in [0.15, 0.2) is 60.8 Å². The molecule has 1 aromatic heterocycles. The van der Waals surface area contributed by atoms with E-state index in [9.17, 15) is 14.0 Å². The molecular weight excluding hydrogens is 541 g/mol. The Morgan fingerprint density at radius 2 is 1.93 bits per heavy atom. The molecule has 3 aromatic rings. The van der Waals surface area contributed by atoms with Crippen molar-refractivity contribution in [1.29, 1.82) is 0 Å². The molecule has 2 unspecified atom stereocenters. The maximum Gasteiger partial charge on any atom is 0.410 e. The first-order chi connectivity index (χ1) is 20.1. The van der Waals surface area contributed by atoms with Crippen molar-refractivity contribution >= 4 is 12.0 Å². The Bertz CT molecular complexity index is 1410. The molecule has 5 rings (SSSR count). The predicted molar refractivity (Wildman–Crippen MR) is 153 cm³/mol. The van der Waals surface area contributed by atoms with Gasteiger partial charge >= 0.3 is 6.09 Å². The van der Waals surface area contributed by atoms with Crippen LogP contribution in [0.25, 0.3) is 0 Å². The number of carbonyl (C=O) groups excluding carboxylic acids is 2. The average Bonchev–Trinajstić information content (AvgIpc) is 3.44. The molecule has 0 saturated carbocycles. The van der Waals surface area contributed by atoms with E-state index in [1.165, 1.54) is 6.07 Å². The topological polar surface area (TPSA) is 99.2 Å². The number of carbonyl (C=O) groups is 2. The molecular formula is C32H36FN3O6. The summed E-state index contributed by atoms with van der Waals surface area (Å²) in [5.74, 6) is 1.02. The van der Waals surface area contributed by atoms with Gasteiger partial charge in [0.05, 0.1) is 25.3 Å². The third-order valence-corrected chi connectivity index (χ3v) is 7.24. The van der Waals surface area contributed by atoms with Crippen LogP contribution in [0.5, 0.6) is 17.2 Å². The number of ether oxygens (including phenoxy) is 4. The molecule has 0 spiro atoms. The number of nitrogens with one attached hydrogen (secondary N) is 1. The van der Waals surface area contributed by atoms with Crippen LogP contribution in [0.3, 0.4) is 0 Å². The Morgan fingerprint density at radius 1 is 1.10 bits per heavy atom. The zero-order valence-electron chi connectivity index (χ0n) is 24.1. The molecule has 2 aliphatic rings. The van der Waals surface area contributed by atoms with Gasteiger partial charge in [-0.25, -0.2) is 9.18 Å². The van der Waals surface area contributed by atoms with Crippen LogP contribution in [0.1, 0.15) is 49.9 Å². The molecule has 2 aliphatic heterocycles. The maximum atomic E-state index is 14.9. The van der Waals surface area contributed by atoms with Crippen LogP contribution in [0.2, 0.25) is 0 Å². The number of rotatable bonds is 8. The van der Waals surface area contributed by atoms with Gasteiger partial charge in [0.1, 0.15) is 17.2 Å². The first-order valence-corrected chi connectivity index (χ1v) is 14.1. The summed E-state index contributed by atoms with van der Waals surface area (Å²) in [6.45, 7) is 7.14. The standard InChI is InChI=1S/C32H36FN3O6/c1-32(2,3)42-31(38)36-13-11-26(23(18-36)19-39-25-8-10-28-29(16-25)41-20-40-28)21-7-9-27(33)22(14-21)15-30(37)35-17-24-6-4-5-12-34-24/h4-10,12,14,16,23,26H,11,13,15,17-20H2,1-3H3,(H,35,37). The Hall–Kier alpha value is -4.34. The van der Waals surface area contributed by atoms with Crippen LogP contribution in [-0.4, -0.2) is 54.0 Å². The van der Waals surface area contributed by atoms with Gasteiger partial charge in [0, 0.05) is 31.3 Å². The van der Waals surface area contributed by atoms with E-state index >= 15 is 0 Å². The molecule has 1 saturated heterocycles. The molecule has 1 N–H and O–H groups in total. The van der Waals surface area contributed by atoms with Crippen molar-refractivity contribution in [2.45, 2.75) is 51.7 Å². The van der Waals surface area contributed by atoms with E-state index in [0.717, 1.165) is 11.3 Å². The van der Waals surface area contributed by atoms with Gasteiger partial charge in [-0.1, -0.05) is 18.2 Å².